The minimum absolute atomic E-state index is 0.0993. The van der Waals surface area contributed by atoms with E-state index in [0.29, 0.717) is 24.5 Å². The summed E-state index contributed by atoms with van der Waals surface area (Å²) in [5.41, 5.74) is 1.99. The molecule has 12 heteroatoms. The average Bonchev–Trinajstić information content (AvgIpc) is 3.06. The van der Waals surface area contributed by atoms with Crippen molar-refractivity contribution in [3.8, 4) is 5.75 Å². The number of sulfonamides is 1. The number of nitrogens with zero attached hydrogens (tertiary/aromatic N) is 2. The van der Waals surface area contributed by atoms with Crippen LogP contribution in [-0.4, -0.2) is 86.9 Å². The van der Waals surface area contributed by atoms with Crippen molar-refractivity contribution in [2.24, 2.45) is 5.92 Å². The number of hydrogen-bond acceptors (Lipinski definition) is 7. The lowest BCUT2D eigenvalue weighted by Gasteiger charge is -2.35. The first-order valence-corrected chi connectivity index (χ1v) is 17.9. The highest BCUT2D eigenvalue weighted by Crippen LogP contribution is 2.29. The summed E-state index contributed by atoms with van der Waals surface area (Å²) in [4.78, 5) is 30.6. The van der Waals surface area contributed by atoms with Gasteiger partial charge in [0.1, 0.15) is 5.75 Å². The lowest BCUT2D eigenvalue weighted by Crippen LogP contribution is -2.48. The normalized spacial score (nSPS) is 20.1. The number of para-hydroxylation sites is 1. The third kappa shape index (κ3) is 9.94. The van der Waals surface area contributed by atoms with E-state index in [1.807, 2.05) is 51.1 Å². The molecule has 48 heavy (non-hydrogen) atoms. The Hall–Kier alpha value is -4.13. The fraction of sp³-hybridized carbons (Fsp3) is 0.444. The number of rotatable bonds is 8. The number of aliphatic hydroxyl groups excluding tert-OH is 1. The number of anilines is 2. The summed E-state index contributed by atoms with van der Waals surface area (Å²) in [7, 11) is -2.23. The van der Waals surface area contributed by atoms with Crippen molar-refractivity contribution in [2.75, 3.05) is 43.4 Å². The van der Waals surface area contributed by atoms with E-state index in [4.69, 9.17) is 9.47 Å². The number of hydrogen-bond donors (Lipinski definition) is 3. The number of aliphatic hydroxyl groups is 1. The monoisotopic (exact) mass is 680 g/mol. The number of carbonyl (C=O) groups excluding carboxylic acids is 2. The lowest BCUT2D eigenvalue weighted by molar-refractivity contribution is -0.0115. The molecule has 1 heterocycles. The second-order valence-electron chi connectivity index (χ2n) is 12.6. The molecule has 3 amide bonds. The van der Waals surface area contributed by atoms with Gasteiger partial charge < -0.3 is 29.7 Å². The molecule has 1 aliphatic heterocycles. The summed E-state index contributed by atoms with van der Waals surface area (Å²) < 4.78 is 41.6. The number of carbonyl (C=O) groups is 2. The number of benzene rings is 3. The Morgan fingerprint density at radius 1 is 1.04 bits per heavy atom. The third-order valence-corrected chi connectivity index (χ3v) is 9.86. The first-order chi connectivity index (χ1) is 22.9. The summed E-state index contributed by atoms with van der Waals surface area (Å²) in [6.07, 6.45) is 1.65. The van der Waals surface area contributed by atoms with Crippen molar-refractivity contribution < 1.29 is 32.6 Å². The number of aryl methyl sites for hydroxylation is 1. The standard InChI is InChI=1S/C36H48N4O7S/c1-25-14-17-31(18-15-25)48(44,45)38-30-16-19-33-32(21-30)35(42)40(27(3)24-41)22-26(2)34(46-20-10-9-11-28(4)47-33)23-39(5)36(43)37-29-12-7-6-8-13-29/h6-8,12-19,21,26-28,34,38,41H,9-11,20,22-24H2,1-5H3,(H,37,43)/t26-,27-,28-,34+/m0/s1. The largest absolute Gasteiger partial charge is 0.490 e. The van der Waals surface area contributed by atoms with Gasteiger partial charge in [-0.3, -0.25) is 9.52 Å². The van der Waals surface area contributed by atoms with Crippen LogP contribution in [-0.2, 0) is 14.8 Å². The van der Waals surface area contributed by atoms with Gasteiger partial charge in [-0.25, -0.2) is 13.2 Å². The van der Waals surface area contributed by atoms with Gasteiger partial charge in [0.2, 0.25) is 0 Å². The van der Waals surface area contributed by atoms with Crippen molar-refractivity contribution in [3.05, 3.63) is 83.9 Å². The summed E-state index contributed by atoms with van der Waals surface area (Å²) in [5.74, 6) is -0.340. The van der Waals surface area contributed by atoms with Crippen molar-refractivity contribution in [2.45, 2.75) is 70.1 Å². The molecule has 0 spiro atoms. The molecule has 0 fully saturated rings. The first-order valence-electron chi connectivity index (χ1n) is 16.4. The van der Waals surface area contributed by atoms with E-state index in [-0.39, 0.29) is 53.9 Å². The maximum atomic E-state index is 14.4. The number of ether oxygens (including phenoxy) is 2. The third-order valence-electron chi connectivity index (χ3n) is 8.46. The quantitative estimate of drug-likeness (QED) is 0.275. The van der Waals surface area contributed by atoms with Gasteiger partial charge in [-0.05, 0) is 82.5 Å². The topological polar surface area (TPSA) is 138 Å². The molecule has 0 aliphatic carbocycles. The fourth-order valence-electron chi connectivity index (χ4n) is 5.47. The molecule has 0 radical (unpaired) electrons. The van der Waals surface area contributed by atoms with E-state index < -0.39 is 28.1 Å². The molecule has 0 unspecified atom stereocenters. The number of nitrogens with one attached hydrogen (secondary N) is 2. The highest BCUT2D eigenvalue weighted by molar-refractivity contribution is 7.92. The van der Waals surface area contributed by atoms with Crippen molar-refractivity contribution in [3.63, 3.8) is 0 Å². The zero-order chi connectivity index (χ0) is 34.8. The van der Waals surface area contributed by atoms with Gasteiger partial charge >= 0.3 is 6.03 Å². The Morgan fingerprint density at radius 3 is 2.44 bits per heavy atom. The van der Waals surface area contributed by atoms with Crippen molar-refractivity contribution >= 4 is 33.3 Å². The van der Waals surface area contributed by atoms with Crippen molar-refractivity contribution in [1.29, 1.82) is 0 Å². The minimum atomic E-state index is -3.93. The molecule has 4 atom stereocenters. The lowest BCUT2D eigenvalue weighted by atomic mass is 10.0. The summed E-state index contributed by atoms with van der Waals surface area (Å²) in [6, 6.07) is 19.5. The molecule has 3 N–H and O–H groups in total. The van der Waals surface area contributed by atoms with Gasteiger partial charge in [-0.2, -0.15) is 0 Å². The highest BCUT2D eigenvalue weighted by Gasteiger charge is 2.31. The highest BCUT2D eigenvalue weighted by atomic mass is 32.2. The molecule has 0 saturated carbocycles. The van der Waals surface area contributed by atoms with Crippen LogP contribution in [0.15, 0.2) is 77.7 Å². The Balaban J connectivity index is 1.63. The summed E-state index contributed by atoms with van der Waals surface area (Å²) in [5, 5.41) is 13.1. The molecule has 0 bridgehead atoms. The zero-order valence-corrected chi connectivity index (χ0v) is 29.2. The molecule has 1 aliphatic rings. The van der Waals surface area contributed by atoms with Crippen LogP contribution in [0.3, 0.4) is 0 Å². The van der Waals surface area contributed by atoms with Gasteiger partial charge in [0, 0.05) is 44.0 Å². The molecule has 0 aromatic heterocycles. The fourth-order valence-corrected chi connectivity index (χ4v) is 6.52. The summed E-state index contributed by atoms with van der Waals surface area (Å²) >= 11 is 0. The first kappa shape index (κ1) is 36.7. The van der Waals surface area contributed by atoms with Gasteiger partial charge in [0.25, 0.3) is 15.9 Å². The van der Waals surface area contributed by atoms with E-state index in [0.717, 1.165) is 18.4 Å². The average molecular weight is 681 g/mol. The van der Waals surface area contributed by atoms with Crippen LogP contribution >= 0.6 is 0 Å². The van der Waals surface area contributed by atoms with Crippen molar-refractivity contribution in [1.82, 2.24) is 9.80 Å². The SMILES string of the molecule is Cc1ccc(S(=O)(=O)Nc2ccc3c(c2)C(=O)N([C@@H](C)CO)C[C@H](C)[C@@H](CN(C)C(=O)Nc2ccccc2)OCCCC[C@H](C)O3)cc1. The molecule has 0 saturated heterocycles. The van der Waals surface area contributed by atoms with Gasteiger partial charge in [-0.1, -0.05) is 42.8 Å². The van der Waals surface area contributed by atoms with E-state index in [1.54, 1.807) is 48.0 Å². The second-order valence-corrected chi connectivity index (χ2v) is 14.3. The number of likely N-dealkylation sites (N-methyl/N-ethyl adjacent to an activating group) is 1. The number of urea groups is 1. The molecule has 4 rings (SSSR count). The Morgan fingerprint density at radius 2 is 1.75 bits per heavy atom. The van der Waals surface area contributed by atoms with Gasteiger partial charge in [0.15, 0.2) is 0 Å². The predicted octanol–water partition coefficient (Wildman–Crippen LogP) is 5.76. The Kier molecular flexibility index (Phi) is 12.9. The van der Waals surface area contributed by atoms with Gasteiger partial charge in [-0.15, -0.1) is 0 Å². The molecular formula is C36H48N4O7S. The van der Waals surface area contributed by atoms with E-state index in [9.17, 15) is 23.1 Å². The number of amides is 3. The Labute approximate surface area is 284 Å². The van der Waals surface area contributed by atoms with Crippen LogP contribution in [0.1, 0.15) is 56.0 Å². The van der Waals surface area contributed by atoms with Crippen LogP contribution in [0.25, 0.3) is 0 Å². The molecular weight excluding hydrogens is 632 g/mol. The zero-order valence-electron chi connectivity index (χ0n) is 28.4. The Bertz CT molecular complexity index is 1620. The van der Waals surface area contributed by atoms with Gasteiger partial charge in [0.05, 0.1) is 35.3 Å². The van der Waals surface area contributed by atoms with Crippen LogP contribution in [0, 0.1) is 12.8 Å². The van der Waals surface area contributed by atoms with Crippen LogP contribution < -0.4 is 14.8 Å². The maximum absolute atomic E-state index is 14.4. The molecule has 260 valence electrons. The van der Waals surface area contributed by atoms with E-state index in [2.05, 4.69) is 10.0 Å². The maximum Gasteiger partial charge on any atom is 0.321 e. The molecule has 3 aromatic carbocycles. The summed E-state index contributed by atoms with van der Waals surface area (Å²) in [6.45, 7) is 8.15. The molecule has 3 aromatic rings. The van der Waals surface area contributed by atoms with Crippen LogP contribution in [0.2, 0.25) is 0 Å². The van der Waals surface area contributed by atoms with Crippen LogP contribution in [0.5, 0.6) is 5.75 Å². The van der Waals surface area contributed by atoms with E-state index in [1.165, 1.54) is 18.2 Å². The second kappa shape index (κ2) is 16.8. The smallest absolute Gasteiger partial charge is 0.321 e. The predicted molar refractivity (Wildman–Crippen MR) is 187 cm³/mol. The minimum Gasteiger partial charge on any atom is -0.490 e. The van der Waals surface area contributed by atoms with E-state index >= 15 is 0 Å². The van der Waals surface area contributed by atoms with Crippen LogP contribution in [0.4, 0.5) is 16.2 Å². The molecule has 11 nitrogen and oxygen atoms in total. The number of fused-ring (bicyclic) bond motifs is 1.